The van der Waals surface area contributed by atoms with E-state index >= 15 is 0 Å². The molecular weight excluding hydrogens is 383 g/mol. The van der Waals surface area contributed by atoms with Crippen LogP contribution < -0.4 is 10.9 Å². The smallest absolute Gasteiger partial charge is 0.293 e. The van der Waals surface area contributed by atoms with Crippen LogP contribution in [0.3, 0.4) is 0 Å². The Morgan fingerprint density at radius 1 is 1.00 bits per heavy atom. The fourth-order valence-electron chi connectivity index (χ4n) is 3.21. The van der Waals surface area contributed by atoms with Gasteiger partial charge < -0.3 is 5.32 Å². The minimum absolute atomic E-state index is 0.263. The van der Waals surface area contributed by atoms with Crippen molar-refractivity contribution < 1.29 is 4.39 Å². The van der Waals surface area contributed by atoms with Gasteiger partial charge in [-0.1, -0.05) is 18.2 Å². The van der Waals surface area contributed by atoms with Gasteiger partial charge in [-0.05, 0) is 55.0 Å². The van der Waals surface area contributed by atoms with Crippen LogP contribution in [-0.4, -0.2) is 24.6 Å². The van der Waals surface area contributed by atoms with E-state index in [1.807, 2.05) is 24.3 Å². The standard InChI is InChI=1S/C22H15FN6O/c1-13-12-14(9-10-16(13)23)19-27-20-15-6-2-3-7-17(15)25-22(29(20)28-19)26-18-8-4-5-11-24-21(18)30/h2-12H,1H3,(H,24,25,26,30). The molecule has 0 atom stereocenters. The molecule has 0 aliphatic heterocycles. The van der Waals surface area contributed by atoms with Crippen molar-refractivity contribution in [2.24, 2.45) is 0 Å². The molecule has 0 saturated carbocycles. The Kier molecular flexibility index (Phi) is 4.17. The highest BCUT2D eigenvalue weighted by atomic mass is 19.1. The average molecular weight is 398 g/mol. The summed E-state index contributed by atoms with van der Waals surface area (Å²) in [4.78, 5) is 25.4. The van der Waals surface area contributed by atoms with Crippen LogP contribution in [0.25, 0.3) is 27.9 Å². The molecular formula is C22H15FN6O. The van der Waals surface area contributed by atoms with Gasteiger partial charge in [0, 0.05) is 17.1 Å². The van der Waals surface area contributed by atoms with E-state index in [0.29, 0.717) is 34.1 Å². The maximum atomic E-state index is 13.7. The lowest BCUT2D eigenvalue weighted by atomic mass is 10.1. The topological polar surface area (TPSA) is 85.1 Å². The molecule has 0 saturated heterocycles. The lowest BCUT2D eigenvalue weighted by Gasteiger charge is -2.07. The molecule has 0 unspecified atom stereocenters. The molecule has 30 heavy (non-hydrogen) atoms. The van der Waals surface area contributed by atoms with Gasteiger partial charge >= 0.3 is 0 Å². The Labute approximate surface area is 169 Å². The van der Waals surface area contributed by atoms with Crippen LogP contribution in [-0.2, 0) is 0 Å². The average Bonchev–Trinajstić information content (AvgIpc) is 3.11. The van der Waals surface area contributed by atoms with E-state index < -0.39 is 5.56 Å². The molecule has 7 nitrogen and oxygen atoms in total. The predicted molar refractivity (Wildman–Crippen MR) is 112 cm³/mol. The molecule has 8 heteroatoms. The van der Waals surface area contributed by atoms with Gasteiger partial charge in [0.15, 0.2) is 11.5 Å². The van der Waals surface area contributed by atoms with E-state index in [-0.39, 0.29) is 11.5 Å². The number of fused-ring (bicyclic) bond motifs is 3. The zero-order valence-corrected chi connectivity index (χ0v) is 15.9. The Morgan fingerprint density at radius 2 is 1.83 bits per heavy atom. The highest BCUT2D eigenvalue weighted by molar-refractivity contribution is 5.93. The van der Waals surface area contributed by atoms with E-state index in [2.05, 4.69) is 25.4 Å². The first-order valence-corrected chi connectivity index (χ1v) is 9.24. The van der Waals surface area contributed by atoms with Crippen molar-refractivity contribution >= 4 is 28.2 Å². The molecule has 5 aromatic rings. The highest BCUT2D eigenvalue weighted by Gasteiger charge is 2.16. The SMILES string of the molecule is Cc1cc(-c2nc3c4ccccc4nc(Nc4ccccnc4=O)n3n2)ccc1F. The second-order valence-electron chi connectivity index (χ2n) is 6.76. The number of aryl methyl sites for hydroxylation is 1. The monoisotopic (exact) mass is 398 g/mol. The maximum absolute atomic E-state index is 13.7. The van der Waals surface area contributed by atoms with Gasteiger partial charge in [0.05, 0.1) is 5.52 Å². The Bertz CT molecular complexity index is 1480. The third kappa shape index (κ3) is 3.04. The van der Waals surface area contributed by atoms with Crippen LogP contribution in [0.1, 0.15) is 5.56 Å². The van der Waals surface area contributed by atoms with Gasteiger partial charge in [0.1, 0.15) is 11.5 Å². The number of nitrogens with zero attached hydrogens (tertiary/aromatic N) is 5. The summed E-state index contributed by atoms with van der Waals surface area (Å²) in [5, 5.41) is 8.41. The van der Waals surface area contributed by atoms with Crippen LogP contribution in [0.5, 0.6) is 0 Å². The Hall–Kier alpha value is -4.20. The van der Waals surface area contributed by atoms with Gasteiger partial charge in [-0.3, -0.25) is 4.79 Å². The minimum atomic E-state index is -0.419. The minimum Gasteiger partial charge on any atom is -0.319 e. The number of para-hydroxylation sites is 1. The zero-order valence-electron chi connectivity index (χ0n) is 15.9. The van der Waals surface area contributed by atoms with E-state index in [0.717, 1.165) is 5.39 Å². The van der Waals surface area contributed by atoms with Crippen LogP contribution in [0.2, 0.25) is 0 Å². The normalized spacial score (nSPS) is 11.1. The largest absolute Gasteiger partial charge is 0.319 e. The summed E-state index contributed by atoms with van der Waals surface area (Å²) < 4.78 is 15.2. The van der Waals surface area contributed by atoms with E-state index in [4.69, 9.17) is 0 Å². The summed E-state index contributed by atoms with van der Waals surface area (Å²) in [7, 11) is 0. The van der Waals surface area contributed by atoms with Crippen molar-refractivity contribution in [2.45, 2.75) is 6.92 Å². The summed E-state index contributed by atoms with van der Waals surface area (Å²) in [6.07, 6.45) is 1.43. The lowest BCUT2D eigenvalue weighted by molar-refractivity contribution is 0.618. The number of aromatic nitrogens is 5. The summed E-state index contributed by atoms with van der Waals surface area (Å²) >= 11 is 0. The van der Waals surface area contributed by atoms with Gasteiger partial charge in [-0.15, -0.1) is 5.10 Å². The Balaban J connectivity index is 1.75. The Morgan fingerprint density at radius 3 is 2.70 bits per heavy atom. The van der Waals surface area contributed by atoms with Crippen molar-refractivity contribution in [2.75, 3.05) is 5.32 Å². The summed E-state index contributed by atoms with van der Waals surface area (Å²) in [5.41, 5.74) is 2.30. The van der Waals surface area contributed by atoms with Crippen LogP contribution in [0.15, 0.2) is 71.7 Å². The fraction of sp³-hybridized carbons (Fsp3) is 0.0455. The predicted octanol–water partition coefficient (Wildman–Crippen LogP) is 3.89. The number of rotatable bonds is 3. The molecule has 3 aromatic heterocycles. The van der Waals surface area contributed by atoms with Crippen molar-refractivity contribution in [3.8, 4) is 11.4 Å². The second-order valence-corrected chi connectivity index (χ2v) is 6.76. The van der Waals surface area contributed by atoms with Crippen molar-refractivity contribution in [3.63, 3.8) is 0 Å². The fourth-order valence-corrected chi connectivity index (χ4v) is 3.21. The van der Waals surface area contributed by atoms with Crippen molar-refractivity contribution in [1.82, 2.24) is 24.6 Å². The van der Waals surface area contributed by atoms with Gasteiger partial charge in [0.25, 0.3) is 5.56 Å². The van der Waals surface area contributed by atoms with Crippen molar-refractivity contribution in [1.29, 1.82) is 0 Å². The third-order valence-corrected chi connectivity index (χ3v) is 4.72. The molecule has 0 amide bonds. The lowest BCUT2D eigenvalue weighted by Crippen LogP contribution is -2.11. The van der Waals surface area contributed by atoms with Gasteiger partial charge in [0.2, 0.25) is 5.95 Å². The number of anilines is 2. The second kappa shape index (κ2) is 7.00. The number of benzene rings is 2. The van der Waals surface area contributed by atoms with E-state index in [9.17, 15) is 9.18 Å². The number of hydrogen-bond donors (Lipinski definition) is 1. The summed E-state index contributed by atoms with van der Waals surface area (Å²) in [6, 6.07) is 17.3. The molecule has 0 aliphatic carbocycles. The molecule has 2 aromatic carbocycles. The molecule has 0 bridgehead atoms. The highest BCUT2D eigenvalue weighted by Crippen LogP contribution is 2.26. The number of nitrogens with one attached hydrogen (secondary N) is 1. The maximum Gasteiger partial charge on any atom is 0.293 e. The molecule has 5 rings (SSSR count). The summed E-state index contributed by atoms with van der Waals surface area (Å²) in [5.74, 6) is 0.467. The molecule has 3 heterocycles. The van der Waals surface area contributed by atoms with Gasteiger partial charge in [-0.25, -0.2) is 19.3 Å². The van der Waals surface area contributed by atoms with E-state index in [1.165, 1.54) is 12.3 Å². The molecule has 0 aliphatic rings. The van der Waals surface area contributed by atoms with Crippen LogP contribution in [0.4, 0.5) is 16.0 Å². The first kappa shape index (κ1) is 17.9. The summed E-state index contributed by atoms with van der Waals surface area (Å²) in [6.45, 7) is 1.69. The number of halogens is 1. The van der Waals surface area contributed by atoms with Gasteiger partial charge in [-0.2, -0.15) is 4.52 Å². The van der Waals surface area contributed by atoms with Crippen LogP contribution in [0, 0.1) is 12.7 Å². The third-order valence-electron chi connectivity index (χ3n) is 4.72. The number of hydrogen-bond acceptors (Lipinski definition) is 6. The molecule has 0 spiro atoms. The molecule has 0 radical (unpaired) electrons. The zero-order chi connectivity index (χ0) is 20.7. The molecule has 146 valence electrons. The van der Waals surface area contributed by atoms with Crippen LogP contribution >= 0.6 is 0 Å². The molecule has 0 fully saturated rings. The van der Waals surface area contributed by atoms with Crippen molar-refractivity contribution in [3.05, 3.63) is 88.6 Å². The molecule has 1 N–H and O–H groups in total. The van der Waals surface area contributed by atoms with E-state index in [1.54, 1.807) is 41.8 Å². The quantitative estimate of drug-likeness (QED) is 0.496. The first-order valence-electron chi connectivity index (χ1n) is 9.24. The first-order chi connectivity index (χ1) is 14.6.